The number of nitrogens with one attached hydrogen (secondary N) is 1. The molecular formula is C20H21N3O5S. The van der Waals surface area contributed by atoms with Gasteiger partial charge in [0, 0.05) is 16.6 Å². The van der Waals surface area contributed by atoms with Crippen molar-refractivity contribution in [2.24, 2.45) is 0 Å². The Morgan fingerprint density at radius 2 is 2.07 bits per heavy atom. The van der Waals surface area contributed by atoms with E-state index < -0.39 is 18.0 Å². The van der Waals surface area contributed by atoms with Gasteiger partial charge >= 0.3 is 5.97 Å². The van der Waals surface area contributed by atoms with E-state index in [2.05, 4.69) is 10.3 Å². The maximum Gasteiger partial charge on any atom is 0.326 e. The Balaban J connectivity index is 1.66. The van der Waals surface area contributed by atoms with Crippen molar-refractivity contribution in [2.45, 2.75) is 33.4 Å². The summed E-state index contributed by atoms with van der Waals surface area (Å²) in [5, 5.41) is 3.16. The van der Waals surface area contributed by atoms with Crippen molar-refractivity contribution >= 4 is 39.1 Å². The van der Waals surface area contributed by atoms with Crippen LogP contribution in [0.15, 0.2) is 35.4 Å². The Morgan fingerprint density at radius 3 is 2.79 bits per heavy atom. The number of hydrogen-bond donors (Lipinski definition) is 1. The van der Waals surface area contributed by atoms with Crippen LogP contribution in [0.5, 0.6) is 5.75 Å². The van der Waals surface area contributed by atoms with E-state index in [1.807, 2.05) is 13.8 Å². The van der Waals surface area contributed by atoms with E-state index in [0.29, 0.717) is 21.7 Å². The second kappa shape index (κ2) is 8.44. The van der Waals surface area contributed by atoms with Gasteiger partial charge in [0.1, 0.15) is 17.1 Å². The third-order valence-electron chi connectivity index (χ3n) is 4.47. The highest BCUT2D eigenvalue weighted by Gasteiger charge is 2.20. The van der Waals surface area contributed by atoms with Gasteiger partial charge in [0.2, 0.25) is 0 Å². The van der Waals surface area contributed by atoms with Gasteiger partial charge in [-0.15, -0.1) is 11.3 Å². The highest BCUT2D eigenvalue weighted by Crippen LogP contribution is 2.25. The smallest absolute Gasteiger partial charge is 0.326 e. The van der Waals surface area contributed by atoms with Gasteiger partial charge < -0.3 is 14.8 Å². The van der Waals surface area contributed by atoms with E-state index in [-0.39, 0.29) is 12.1 Å². The highest BCUT2D eigenvalue weighted by atomic mass is 32.1. The molecule has 0 saturated heterocycles. The number of carbonyl (C=O) groups excluding carboxylic acids is 2. The Labute approximate surface area is 171 Å². The molecule has 0 aliphatic carbocycles. The number of carbonyl (C=O) groups is 2. The molecule has 29 heavy (non-hydrogen) atoms. The molecule has 1 atom stereocenters. The van der Waals surface area contributed by atoms with E-state index in [0.717, 1.165) is 10.4 Å². The lowest BCUT2D eigenvalue weighted by Gasteiger charge is -2.14. The molecule has 2 heterocycles. The summed E-state index contributed by atoms with van der Waals surface area (Å²) in [7, 11) is 1.53. The second-order valence-electron chi connectivity index (χ2n) is 6.49. The number of ether oxygens (including phenoxy) is 2. The van der Waals surface area contributed by atoms with Crippen LogP contribution in [0.4, 0.5) is 5.69 Å². The summed E-state index contributed by atoms with van der Waals surface area (Å²) in [4.78, 5) is 43.1. The molecule has 1 aromatic carbocycles. The fourth-order valence-corrected chi connectivity index (χ4v) is 3.74. The van der Waals surface area contributed by atoms with Crippen LogP contribution >= 0.6 is 11.3 Å². The number of aromatic nitrogens is 2. The number of nitrogens with zero attached hydrogens (tertiary/aromatic N) is 2. The molecule has 0 fully saturated rings. The zero-order chi connectivity index (χ0) is 21.1. The van der Waals surface area contributed by atoms with E-state index in [1.54, 1.807) is 24.3 Å². The molecule has 0 unspecified atom stereocenters. The van der Waals surface area contributed by atoms with Crippen LogP contribution in [-0.2, 0) is 20.9 Å². The Morgan fingerprint density at radius 1 is 1.31 bits per heavy atom. The molecule has 1 N–H and O–H groups in total. The van der Waals surface area contributed by atoms with Crippen LogP contribution in [0, 0.1) is 13.8 Å². The van der Waals surface area contributed by atoms with Gasteiger partial charge in [-0.25, -0.2) is 4.98 Å². The van der Waals surface area contributed by atoms with Gasteiger partial charge in [0.05, 0.1) is 18.8 Å². The minimum atomic E-state index is -1.04. The van der Waals surface area contributed by atoms with E-state index in [9.17, 15) is 14.4 Å². The third kappa shape index (κ3) is 4.45. The lowest BCUT2D eigenvalue weighted by atomic mass is 10.2. The number of esters is 1. The number of thiophene rings is 1. The topological polar surface area (TPSA) is 99.5 Å². The molecule has 0 spiro atoms. The zero-order valence-corrected chi connectivity index (χ0v) is 17.3. The number of rotatable bonds is 6. The van der Waals surface area contributed by atoms with Crippen molar-refractivity contribution in [1.29, 1.82) is 0 Å². The SMILES string of the molecule is COc1cccc(NC(=O)[C@H](C)OC(=O)Cn2cnc3sc(C)c(C)c3c2=O)c1. The van der Waals surface area contributed by atoms with Gasteiger partial charge in [-0.3, -0.25) is 19.0 Å². The molecule has 152 valence electrons. The minimum Gasteiger partial charge on any atom is -0.497 e. The Bertz CT molecular complexity index is 1130. The molecule has 1 amide bonds. The number of methoxy groups -OCH3 is 1. The van der Waals surface area contributed by atoms with Gasteiger partial charge in [0.25, 0.3) is 11.5 Å². The molecule has 9 heteroatoms. The average Bonchev–Trinajstić information content (AvgIpc) is 2.98. The van der Waals surface area contributed by atoms with Gasteiger partial charge in [-0.2, -0.15) is 0 Å². The molecule has 2 aromatic heterocycles. The normalized spacial score (nSPS) is 11.9. The monoisotopic (exact) mass is 415 g/mol. The fourth-order valence-electron chi connectivity index (χ4n) is 2.75. The standard InChI is InChI=1S/C20H21N3O5S/c1-11-13(3)29-19-17(11)20(26)23(10-21-19)9-16(24)28-12(2)18(25)22-14-6-5-7-15(8-14)27-4/h5-8,10,12H,9H2,1-4H3,(H,22,25)/t12-/m0/s1. The van der Waals surface area contributed by atoms with E-state index >= 15 is 0 Å². The summed E-state index contributed by atoms with van der Waals surface area (Å²) in [6, 6.07) is 6.83. The lowest BCUT2D eigenvalue weighted by molar-refractivity contribution is -0.153. The van der Waals surface area contributed by atoms with Crippen LogP contribution in [0.25, 0.3) is 10.2 Å². The maximum atomic E-state index is 12.7. The average molecular weight is 415 g/mol. The largest absolute Gasteiger partial charge is 0.497 e. The summed E-state index contributed by atoms with van der Waals surface area (Å²) in [5.41, 5.74) is 1.07. The predicted molar refractivity (Wildman–Crippen MR) is 111 cm³/mol. The highest BCUT2D eigenvalue weighted by molar-refractivity contribution is 7.18. The fraction of sp³-hybridized carbons (Fsp3) is 0.300. The van der Waals surface area contributed by atoms with Crippen molar-refractivity contribution in [2.75, 3.05) is 12.4 Å². The summed E-state index contributed by atoms with van der Waals surface area (Å²) in [6.07, 6.45) is 0.286. The molecule has 3 rings (SSSR count). The quantitative estimate of drug-likeness (QED) is 0.622. The maximum absolute atomic E-state index is 12.7. The molecule has 0 aliphatic heterocycles. The number of benzene rings is 1. The van der Waals surface area contributed by atoms with E-state index in [1.165, 1.54) is 36.3 Å². The van der Waals surface area contributed by atoms with Crippen LogP contribution in [0.1, 0.15) is 17.4 Å². The number of fused-ring (bicyclic) bond motifs is 1. The van der Waals surface area contributed by atoms with Crippen LogP contribution in [0.3, 0.4) is 0 Å². The molecule has 3 aromatic rings. The minimum absolute atomic E-state index is 0.303. The lowest BCUT2D eigenvalue weighted by Crippen LogP contribution is -2.33. The van der Waals surface area contributed by atoms with Crippen molar-refractivity contribution in [1.82, 2.24) is 9.55 Å². The molecular weight excluding hydrogens is 394 g/mol. The summed E-state index contributed by atoms with van der Waals surface area (Å²) in [5.74, 6) is -0.600. The van der Waals surface area contributed by atoms with Gasteiger partial charge in [-0.05, 0) is 38.5 Å². The van der Waals surface area contributed by atoms with Gasteiger partial charge in [0.15, 0.2) is 6.10 Å². The zero-order valence-electron chi connectivity index (χ0n) is 16.5. The van der Waals surface area contributed by atoms with Crippen LogP contribution in [-0.4, -0.2) is 34.6 Å². The molecule has 8 nitrogen and oxygen atoms in total. The first-order valence-corrected chi connectivity index (χ1v) is 9.71. The number of aryl methyl sites for hydroxylation is 2. The second-order valence-corrected chi connectivity index (χ2v) is 7.70. The van der Waals surface area contributed by atoms with E-state index in [4.69, 9.17) is 9.47 Å². The van der Waals surface area contributed by atoms with Crippen LogP contribution < -0.4 is 15.6 Å². The Hall–Kier alpha value is -3.20. The number of anilines is 1. The van der Waals surface area contributed by atoms with Crippen molar-refractivity contribution in [3.8, 4) is 5.75 Å². The first kappa shape index (κ1) is 20.5. The number of amides is 1. The van der Waals surface area contributed by atoms with Crippen molar-refractivity contribution in [3.63, 3.8) is 0 Å². The molecule has 0 saturated carbocycles. The van der Waals surface area contributed by atoms with Crippen molar-refractivity contribution < 1.29 is 19.1 Å². The van der Waals surface area contributed by atoms with Gasteiger partial charge in [-0.1, -0.05) is 6.07 Å². The van der Waals surface area contributed by atoms with Crippen LogP contribution in [0.2, 0.25) is 0 Å². The molecule has 0 radical (unpaired) electrons. The molecule has 0 bridgehead atoms. The summed E-state index contributed by atoms with van der Waals surface area (Å²) >= 11 is 1.44. The third-order valence-corrected chi connectivity index (χ3v) is 5.59. The van der Waals surface area contributed by atoms with Crippen molar-refractivity contribution in [3.05, 3.63) is 51.4 Å². The first-order valence-electron chi connectivity index (χ1n) is 8.89. The molecule has 0 aliphatic rings. The first-order chi connectivity index (χ1) is 13.8. The predicted octanol–water partition coefficient (Wildman–Crippen LogP) is 2.65. The Kier molecular flexibility index (Phi) is 5.97. The summed E-state index contributed by atoms with van der Waals surface area (Å²) in [6.45, 7) is 4.91. The summed E-state index contributed by atoms with van der Waals surface area (Å²) < 4.78 is 11.5. The number of hydrogen-bond acceptors (Lipinski definition) is 7.